The third kappa shape index (κ3) is 3.05. The lowest BCUT2D eigenvalue weighted by atomic mass is 10.1. The Morgan fingerprint density at radius 1 is 1.10 bits per heavy atom. The van der Waals surface area contributed by atoms with Gasteiger partial charge in [0.2, 0.25) is 0 Å². The van der Waals surface area contributed by atoms with E-state index >= 15 is 0 Å². The fourth-order valence-electron chi connectivity index (χ4n) is 2.19. The van der Waals surface area contributed by atoms with Crippen LogP contribution < -0.4 is 0 Å². The number of hydrogen-bond acceptors (Lipinski definition) is 1. The van der Waals surface area contributed by atoms with Gasteiger partial charge in [-0.2, -0.15) is 0 Å². The van der Waals surface area contributed by atoms with E-state index in [0.29, 0.717) is 17.0 Å². The monoisotopic (exact) mass is 342 g/mol. The maximum Gasteiger partial charge on any atom is 0.127 e. The van der Waals surface area contributed by atoms with Crippen LogP contribution in [0, 0.1) is 11.6 Å². The molecule has 21 heavy (non-hydrogen) atoms. The van der Waals surface area contributed by atoms with Gasteiger partial charge in [-0.15, -0.1) is 22.9 Å². The third-order valence-electron chi connectivity index (χ3n) is 3.25. The Morgan fingerprint density at radius 2 is 1.90 bits per heavy atom. The van der Waals surface area contributed by atoms with Crippen LogP contribution in [-0.4, -0.2) is 0 Å². The smallest absolute Gasteiger partial charge is 0.127 e. The molecule has 3 aromatic rings. The Kier molecular flexibility index (Phi) is 4.16. The zero-order chi connectivity index (χ0) is 15.0. The summed E-state index contributed by atoms with van der Waals surface area (Å²) in [5, 5.41) is 0.898. The number of thiophene rings is 1. The molecule has 0 saturated carbocycles. The molecule has 0 aliphatic heterocycles. The topological polar surface area (TPSA) is 0 Å². The fourth-order valence-corrected chi connectivity index (χ4v) is 3.85. The first-order valence-electron chi connectivity index (χ1n) is 6.30. The highest BCUT2D eigenvalue weighted by Gasteiger charge is 2.17. The maximum absolute atomic E-state index is 13.8. The molecule has 1 unspecified atom stereocenters. The van der Waals surface area contributed by atoms with Crippen LogP contribution in [0.5, 0.6) is 0 Å². The van der Waals surface area contributed by atoms with E-state index in [0.717, 1.165) is 15.0 Å². The molecule has 108 valence electrons. The lowest BCUT2D eigenvalue weighted by molar-refractivity contribution is 0.608. The second-order valence-corrected chi connectivity index (χ2v) is 6.75. The summed E-state index contributed by atoms with van der Waals surface area (Å²) in [5.41, 5.74) is 0.405. The molecular weight excluding hydrogens is 333 g/mol. The summed E-state index contributed by atoms with van der Waals surface area (Å²) in [6, 6.07) is 11.1. The Balaban J connectivity index is 1.91. The minimum absolute atomic E-state index is 0.279. The Morgan fingerprint density at radius 3 is 2.67 bits per heavy atom. The van der Waals surface area contributed by atoms with Gasteiger partial charge >= 0.3 is 0 Å². The van der Waals surface area contributed by atoms with E-state index in [1.807, 2.05) is 6.07 Å². The molecule has 5 heteroatoms. The fraction of sp³-hybridized carbons (Fsp3) is 0.125. The quantitative estimate of drug-likeness (QED) is 0.486. The van der Waals surface area contributed by atoms with E-state index in [9.17, 15) is 8.78 Å². The minimum Gasteiger partial charge on any atom is -0.207 e. The minimum atomic E-state index is -0.403. The van der Waals surface area contributed by atoms with Gasteiger partial charge in [-0.05, 0) is 42.1 Å². The predicted molar refractivity (Wildman–Crippen MR) is 85.5 cm³/mol. The maximum atomic E-state index is 13.8. The first-order chi connectivity index (χ1) is 10.0. The van der Waals surface area contributed by atoms with Crippen LogP contribution in [0.25, 0.3) is 10.1 Å². The van der Waals surface area contributed by atoms with Gasteiger partial charge in [0.25, 0.3) is 0 Å². The van der Waals surface area contributed by atoms with Gasteiger partial charge in [0, 0.05) is 20.2 Å². The van der Waals surface area contributed by atoms with Crippen molar-refractivity contribution in [3.05, 3.63) is 69.6 Å². The average molecular weight is 343 g/mol. The van der Waals surface area contributed by atoms with Crippen molar-refractivity contribution >= 4 is 44.6 Å². The molecule has 0 nitrogen and oxygen atoms in total. The average Bonchev–Trinajstić information content (AvgIpc) is 2.86. The molecule has 0 spiro atoms. The van der Waals surface area contributed by atoms with Crippen molar-refractivity contribution in [2.75, 3.05) is 0 Å². The van der Waals surface area contributed by atoms with E-state index in [1.165, 1.54) is 29.5 Å². The number of halogens is 4. The van der Waals surface area contributed by atoms with Crippen molar-refractivity contribution in [2.24, 2.45) is 0 Å². The lowest BCUT2D eigenvalue weighted by Gasteiger charge is -2.09. The summed E-state index contributed by atoms with van der Waals surface area (Å²) in [5.74, 6) is -0.639. The van der Waals surface area contributed by atoms with Crippen molar-refractivity contribution in [3.8, 4) is 0 Å². The van der Waals surface area contributed by atoms with Gasteiger partial charge in [0.15, 0.2) is 0 Å². The lowest BCUT2D eigenvalue weighted by Crippen LogP contribution is -1.97. The molecule has 0 aliphatic carbocycles. The molecule has 3 rings (SSSR count). The molecule has 1 atom stereocenters. The van der Waals surface area contributed by atoms with Crippen LogP contribution in [0.4, 0.5) is 8.78 Å². The highest BCUT2D eigenvalue weighted by Crippen LogP contribution is 2.36. The van der Waals surface area contributed by atoms with Crippen LogP contribution >= 0.6 is 34.5 Å². The molecular formula is C16H10Cl2F2S. The summed E-state index contributed by atoms with van der Waals surface area (Å²) in [6.45, 7) is 0. The van der Waals surface area contributed by atoms with Gasteiger partial charge in [-0.3, -0.25) is 0 Å². The highest BCUT2D eigenvalue weighted by atomic mass is 35.5. The summed E-state index contributed by atoms with van der Waals surface area (Å²) in [6.07, 6.45) is 0.294. The van der Waals surface area contributed by atoms with E-state index in [2.05, 4.69) is 0 Å². The second-order valence-electron chi connectivity index (χ2n) is 4.70. The van der Waals surface area contributed by atoms with Crippen LogP contribution in [0.15, 0.2) is 42.5 Å². The number of rotatable bonds is 3. The van der Waals surface area contributed by atoms with E-state index < -0.39 is 5.38 Å². The second kappa shape index (κ2) is 5.91. The van der Waals surface area contributed by atoms with Crippen LogP contribution in [0.1, 0.15) is 15.8 Å². The molecule has 0 fully saturated rings. The standard InChI is InChI=1S/C16H10Cl2F2S/c17-12-2-1-3-14(20)11(12)8-13(18)16-6-9-4-5-10(19)7-15(9)21-16/h1-7,13H,8H2. The molecule has 0 saturated heterocycles. The molecule has 0 aliphatic rings. The van der Waals surface area contributed by atoms with Gasteiger partial charge < -0.3 is 0 Å². The van der Waals surface area contributed by atoms with Crippen molar-refractivity contribution < 1.29 is 8.78 Å². The van der Waals surface area contributed by atoms with Crippen LogP contribution in [-0.2, 0) is 6.42 Å². The normalized spacial score (nSPS) is 12.8. The Labute approximate surface area is 134 Å². The van der Waals surface area contributed by atoms with Crippen molar-refractivity contribution in [3.63, 3.8) is 0 Å². The van der Waals surface area contributed by atoms with E-state index in [-0.39, 0.29) is 11.6 Å². The summed E-state index contributed by atoms with van der Waals surface area (Å²) < 4.78 is 27.8. The highest BCUT2D eigenvalue weighted by molar-refractivity contribution is 7.19. The van der Waals surface area contributed by atoms with Crippen molar-refractivity contribution in [1.29, 1.82) is 0 Å². The van der Waals surface area contributed by atoms with Gasteiger partial charge in [-0.25, -0.2) is 8.78 Å². The molecule has 0 bridgehead atoms. The van der Waals surface area contributed by atoms with Gasteiger partial charge in [0.1, 0.15) is 11.6 Å². The number of alkyl halides is 1. The van der Waals surface area contributed by atoms with Crippen molar-refractivity contribution in [1.82, 2.24) is 0 Å². The molecule has 2 aromatic carbocycles. The molecule has 1 heterocycles. The first-order valence-corrected chi connectivity index (χ1v) is 7.93. The zero-order valence-corrected chi connectivity index (χ0v) is 13.1. The first kappa shape index (κ1) is 14.8. The summed E-state index contributed by atoms with van der Waals surface area (Å²) >= 11 is 13.8. The summed E-state index contributed by atoms with van der Waals surface area (Å²) in [7, 11) is 0. The van der Waals surface area contributed by atoms with Gasteiger partial charge in [-0.1, -0.05) is 23.7 Å². The summed E-state index contributed by atoms with van der Waals surface area (Å²) in [4.78, 5) is 0.872. The zero-order valence-electron chi connectivity index (χ0n) is 10.7. The van der Waals surface area contributed by atoms with E-state index in [4.69, 9.17) is 23.2 Å². The number of fused-ring (bicyclic) bond motifs is 1. The molecule has 0 radical (unpaired) electrons. The van der Waals surface area contributed by atoms with Crippen molar-refractivity contribution in [2.45, 2.75) is 11.8 Å². The van der Waals surface area contributed by atoms with Crippen LogP contribution in [0.3, 0.4) is 0 Å². The largest absolute Gasteiger partial charge is 0.207 e. The number of hydrogen-bond donors (Lipinski definition) is 0. The number of benzene rings is 2. The molecule has 0 N–H and O–H groups in total. The molecule has 1 aromatic heterocycles. The SMILES string of the molecule is Fc1ccc2cc(C(Cl)Cc3c(F)cccc3Cl)sc2c1. The van der Waals surface area contributed by atoms with Crippen LogP contribution in [0.2, 0.25) is 5.02 Å². The van der Waals surface area contributed by atoms with E-state index in [1.54, 1.807) is 18.2 Å². The predicted octanol–water partition coefficient (Wildman–Crippen LogP) is 6.36. The van der Waals surface area contributed by atoms with Gasteiger partial charge in [0.05, 0.1) is 5.38 Å². The Hall–Kier alpha value is -1.16. The molecule has 0 amide bonds. The third-order valence-corrected chi connectivity index (χ3v) is 5.34. The Bertz CT molecular complexity index is 778.